The second-order valence-electron chi connectivity index (χ2n) is 6.35. The molecule has 0 spiro atoms. The lowest BCUT2D eigenvalue weighted by molar-refractivity contribution is 0.232. The van der Waals surface area contributed by atoms with Gasteiger partial charge in [0.2, 0.25) is 5.88 Å². The fourth-order valence-corrected chi connectivity index (χ4v) is 2.40. The number of urea groups is 1. The first-order valence-corrected chi connectivity index (χ1v) is 8.34. The Hall–Kier alpha value is -2.60. The first-order valence-electron chi connectivity index (χ1n) is 8.34. The topological polar surface area (TPSA) is 66.5 Å². The van der Waals surface area contributed by atoms with Gasteiger partial charge in [-0.25, -0.2) is 9.78 Å². The highest BCUT2D eigenvalue weighted by molar-refractivity contribution is 5.90. The molecule has 1 aromatic heterocycles. The number of ether oxygens (including phenoxy) is 1. The SMILES string of the molecule is CC(C)Oc1ncccc1NC(=O)NC(CN(C)C)c1ccccc1. The molecule has 6 nitrogen and oxygen atoms in total. The summed E-state index contributed by atoms with van der Waals surface area (Å²) in [6.07, 6.45) is 1.61. The molecule has 2 aromatic rings. The van der Waals surface area contributed by atoms with Gasteiger partial charge in [0, 0.05) is 12.7 Å². The van der Waals surface area contributed by atoms with Crippen LogP contribution in [0.4, 0.5) is 10.5 Å². The predicted octanol–water partition coefficient (Wildman–Crippen LogP) is 3.29. The fourth-order valence-electron chi connectivity index (χ4n) is 2.40. The Morgan fingerprint density at radius 2 is 1.88 bits per heavy atom. The summed E-state index contributed by atoms with van der Waals surface area (Å²) >= 11 is 0. The van der Waals surface area contributed by atoms with E-state index >= 15 is 0 Å². The van der Waals surface area contributed by atoms with Crippen LogP contribution in [0.5, 0.6) is 5.88 Å². The van der Waals surface area contributed by atoms with Crippen molar-refractivity contribution in [3.8, 4) is 5.88 Å². The number of rotatable bonds is 7. The number of carbonyl (C=O) groups excluding carboxylic acids is 1. The van der Waals surface area contributed by atoms with Crippen LogP contribution in [-0.4, -0.2) is 42.7 Å². The van der Waals surface area contributed by atoms with Crippen LogP contribution in [0.15, 0.2) is 48.7 Å². The number of nitrogens with one attached hydrogen (secondary N) is 2. The Morgan fingerprint density at radius 3 is 2.52 bits per heavy atom. The van der Waals surface area contributed by atoms with E-state index in [2.05, 4.69) is 15.6 Å². The van der Waals surface area contributed by atoms with E-state index in [-0.39, 0.29) is 18.2 Å². The van der Waals surface area contributed by atoms with Crippen LogP contribution in [0.25, 0.3) is 0 Å². The molecule has 0 radical (unpaired) electrons. The second kappa shape index (κ2) is 9.03. The number of carbonyl (C=O) groups is 1. The van der Waals surface area contributed by atoms with E-state index in [4.69, 9.17) is 4.74 Å². The Morgan fingerprint density at radius 1 is 1.16 bits per heavy atom. The smallest absolute Gasteiger partial charge is 0.319 e. The molecule has 1 aromatic carbocycles. The zero-order valence-corrected chi connectivity index (χ0v) is 15.2. The highest BCUT2D eigenvalue weighted by atomic mass is 16.5. The van der Waals surface area contributed by atoms with Crippen molar-refractivity contribution in [2.24, 2.45) is 0 Å². The van der Waals surface area contributed by atoms with E-state index in [1.54, 1.807) is 18.3 Å². The number of aromatic nitrogens is 1. The van der Waals surface area contributed by atoms with E-state index in [1.807, 2.05) is 63.2 Å². The number of hydrogen-bond acceptors (Lipinski definition) is 4. The minimum atomic E-state index is -0.294. The highest BCUT2D eigenvalue weighted by Crippen LogP contribution is 2.22. The lowest BCUT2D eigenvalue weighted by Gasteiger charge is -2.23. The Bertz CT molecular complexity index is 674. The molecule has 1 atom stereocenters. The number of benzene rings is 1. The summed E-state index contributed by atoms with van der Waals surface area (Å²) in [4.78, 5) is 18.7. The molecule has 2 N–H and O–H groups in total. The van der Waals surface area contributed by atoms with Gasteiger partial charge < -0.3 is 20.3 Å². The summed E-state index contributed by atoms with van der Waals surface area (Å²) in [5.41, 5.74) is 1.60. The number of hydrogen-bond donors (Lipinski definition) is 2. The maximum absolute atomic E-state index is 12.5. The van der Waals surface area contributed by atoms with Gasteiger partial charge in [0.05, 0.1) is 12.1 Å². The third-order valence-electron chi connectivity index (χ3n) is 3.42. The van der Waals surface area contributed by atoms with Gasteiger partial charge in [-0.15, -0.1) is 0 Å². The molecule has 0 aliphatic carbocycles. The van der Waals surface area contributed by atoms with Crippen LogP contribution in [0, 0.1) is 0 Å². The number of pyridine rings is 1. The lowest BCUT2D eigenvalue weighted by atomic mass is 10.1. The summed E-state index contributed by atoms with van der Waals surface area (Å²) < 4.78 is 5.64. The molecule has 2 rings (SSSR count). The van der Waals surface area contributed by atoms with Gasteiger partial charge in [-0.1, -0.05) is 30.3 Å². The largest absolute Gasteiger partial charge is 0.473 e. The average molecular weight is 342 g/mol. The molecule has 1 unspecified atom stereocenters. The maximum atomic E-state index is 12.5. The fraction of sp³-hybridized carbons (Fsp3) is 0.368. The second-order valence-corrected chi connectivity index (χ2v) is 6.35. The standard InChI is InChI=1S/C19H26N4O2/c1-14(2)25-18-16(11-8-12-20-18)21-19(24)22-17(13-23(3)4)15-9-6-5-7-10-15/h5-12,14,17H,13H2,1-4H3,(H2,21,22,24). The van der Waals surface area contributed by atoms with E-state index in [0.717, 1.165) is 5.56 Å². The van der Waals surface area contributed by atoms with Crippen LogP contribution in [0.2, 0.25) is 0 Å². The Balaban J connectivity index is 2.09. The molecule has 6 heteroatoms. The summed E-state index contributed by atoms with van der Waals surface area (Å²) in [6.45, 7) is 4.53. The van der Waals surface area contributed by atoms with Gasteiger partial charge in [-0.3, -0.25) is 0 Å². The zero-order valence-electron chi connectivity index (χ0n) is 15.2. The molecular weight excluding hydrogens is 316 g/mol. The normalized spacial score (nSPS) is 12.1. The van der Waals surface area contributed by atoms with Crippen molar-refractivity contribution in [2.45, 2.75) is 26.0 Å². The minimum absolute atomic E-state index is 0.0238. The predicted molar refractivity (Wildman–Crippen MR) is 99.9 cm³/mol. The van der Waals surface area contributed by atoms with Crippen LogP contribution in [0.3, 0.4) is 0 Å². The number of anilines is 1. The Labute approximate surface area is 149 Å². The van der Waals surface area contributed by atoms with Gasteiger partial charge in [0.25, 0.3) is 0 Å². The van der Waals surface area contributed by atoms with Crippen molar-refractivity contribution in [1.29, 1.82) is 0 Å². The van der Waals surface area contributed by atoms with Gasteiger partial charge in [0.15, 0.2) is 0 Å². The van der Waals surface area contributed by atoms with E-state index in [1.165, 1.54) is 0 Å². The molecular formula is C19H26N4O2. The van der Waals surface area contributed by atoms with Gasteiger partial charge >= 0.3 is 6.03 Å². The molecule has 0 saturated heterocycles. The summed E-state index contributed by atoms with van der Waals surface area (Å²) in [5.74, 6) is 0.413. The summed E-state index contributed by atoms with van der Waals surface area (Å²) in [7, 11) is 3.95. The quantitative estimate of drug-likeness (QED) is 0.810. The van der Waals surface area contributed by atoms with Crippen molar-refractivity contribution in [2.75, 3.05) is 26.0 Å². The first kappa shape index (κ1) is 18.7. The monoisotopic (exact) mass is 342 g/mol. The molecule has 25 heavy (non-hydrogen) atoms. The molecule has 0 bridgehead atoms. The number of amides is 2. The number of nitrogens with zero attached hydrogens (tertiary/aromatic N) is 2. The van der Waals surface area contributed by atoms with Crippen LogP contribution in [-0.2, 0) is 0 Å². The molecule has 2 amide bonds. The van der Waals surface area contributed by atoms with Crippen molar-refractivity contribution in [3.63, 3.8) is 0 Å². The van der Waals surface area contributed by atoms with Crippen molar-refractivity contribution in [1.82, 2.24) is 15.2 Å². The summed E-state index contributed by atoms with van der Waals surface area (Å²) in [5, 5.41) is 5.85. The highest BCUT2D eigenvalue weighted by Gasteiger charge is 2.17. The molecule has 1 heterocycles. The van der Waals surface area contributed by atoms with Crippen LogP contribution < -0.4 is 15.4 Å². The molecule has 0 saturated carbocycles. The molecule has 0 fully saturated rings. The summed E-state index contributed by atoms with van der Waals surface area (Å²) in [6, 6.07) is 13.0. The van der Waals surface area contributed by atoms with Crippen molar-refractivity contribution >= 4 is 11.7 Å². The Kier molecular flexibility index (Phi) is 6.77. The van der Waals surface area contributed by atoms with Gasteiger partial charge in [-0.2, -0.15) is 0 Å². The van der Waals surface area contributed by atoms with Crippen molar-refractivity contribution in [3.05, 3.63) is 54.2 Å². The molecule has 134 valence electrons. The third-order valence-corrected chi connectivity index (χ3v) is 3.42. The van der Waals surface area contributed by atoms with Gasteiger partial charge in [-0.05, 0) is 45.6 Å². The van der Waals surface area contributed by atoms with Crippen molar-refractivity contribution < 1.29 is 9.53 Å². The minimum Gasteiger partial charge on any atom is -0.473 e. The molecule has 0 aliphatic rings. The average Bonchev–Trinajstić information content (AvgIpc) is 2.56. The third kappa shape index (κ3) is 6.08. The molecule has 0 aliphatic heterocycles. The first-order chi connectivity index (χ1) is 12.0. The van der Waals surface area contributed by atoms with Crippen LogP contribution >= 0.6 is 0 Å². The zero-order chi connectivity index (χ0) is 18.2. The lowest BCUT2D eigenvalue weighted by Crippen LogP contribution is -2.37. The number of likely N-dealkylation sites (N-methyl/N-ethyl adjacent to an activating group) is 1. The maximum Gasteiger partial charge on any atom is 0.319 e. The van der Waals surface area contributed by atoms with Crippen LogP contribution in [0.1, 0.15) is 25.5 Å². The van der Waals surface area contributed by atoms with E-state index in [0.29, 0.717) is 18.1 Å². The van der Waals surface area contributed by atoms with Gasteiger partial charge in [0.1, 0.15) is 5.69 Å². The van der Waals surface area contributed by atoms with E-state index in [9.17, 15) is 4.79 Å². The van der Waals surface area contributed by atoms with E-state index < -0.39 is 0 Å².